The van der Waals surface area contributed by atoms with Crippen LogP contribution in [-0.2, 0) is 12.8 Å². The van der Waals surface area contributed by atoms with Gasteiger partial charge in [0.1, 0.15) is 17.2 Å². The van der Waals surface area contributed by atoms with E-state index < -0.39 is 0 Å². The highest BCUT2D eigenvalue weighted by Crippen LogP contribution is 2.22. The van der Waals surface area contributed by atoms with Crippen molar-refractivity contribution in [3.8, 4) is 0 Å². The minimum atomic E-state index is 0.626. The van der Waals surface area contributed by atoms with Crippen LogP contribution in [0.2, 0.25) is 5.02 Å². The minimum Gasteiger partial charge on any atom is -0.368 e. The number of hydrogen-bond acceptors (Lipinski definition) is 3. The monoisotopic (exact) mass is 339 g/mol. The molecule has 0 bridgehead atoms. The molecule has 0 radical (unpaired) electrons. The van der Waals surface area contributed by atoms with Crippen LogP contribution in [0, 0.1) is 0 Å². The molecule has 2 rings (SSSR count). The molecule has 0 aliphatic carbocycles. The zero-order chi connectivity index (χ0) is 13.7. The fourth-order valence-electron chi connectivity index (χ4n) is 1.75. The van der Waals surface area contributed by atoms with E-state index in [0.29, 0.717) is 10.8 Å². The number of hydrogen-bond donors (Lipinski definition) is 1. The molecule has 0 amide bonds. The molecule has 0 unspecified atom stereocenters. The SMILES string of the molecule is CCc1ncnc(NCCc2ccc(Br)cc2)c1Cl. The van der Waals surface area contributed by atoms with Gasteiger partial charge in [-0.25, -0.2) is 9.97 Å². The van der Waals surface area contributed by atoms with Crippen molar-refractivity contribution in [3.05, 3.63) is 51.3 Å². The van der Waals surface area contributed by atoms with Crippen LogP contribution in [0.4, 0.5) is 5.82 Å². The van der Waals surface area contributed by atoms with Gasteiger partial charge in [0, 0.05) is 11.0 Å². The van der Waals surface area contributed by atoms with Gasteiger partial charge in [0.25, 0.3) is 0 Å². The molecule has 1 aromatic heterocycles. The van der Waals surface area contributed by atoms with Crippen molar-refractivity contribution < 1.29 is 0 Å². The predicted molar refractivity (Wildman–Crippen MR) is 82.8 cm³/mol. The lowest BCUT2D eigenvalue weighted by molar-refractivity contribution is 0.968. The van der Waals surface area contributed by atoms with Gasteiger partial charge in [-0.15, -0.1) is 0 Å². The maximum atomic E-state index is 6.22. The number of halogens is 2. The van der Waals surface area contributed by atoms with E-state index in [9.17, 15) is 0 Å². The summed E-state index contributed by atoms with van der Waals surface area (Å²) < 4.78 is 1.09. The molecule has 19 heavy (non-hydrogen) atoms. The van der Waals surface area contributed by atoms with Crippen molar-refractivity contribution in [2.75, 3.05) is 11.9 Å². The summed E-state index contributed by atoms with van der Waals surface area (Å²) >= 11 is 9.64. The molecular weight excluding hydrogens is 326 g/mol. The molecular formula is C14H15BrClN3. The molecule has 3 nitrogen and oxygen atoms in total. The second-order valence-electron chi connectivity index (χ2n) is 4.14. The molecule has 0 spiro atoms. The standard InChI is InChI=1S/C14H15BrClN3/c1-2-12-13(16)14(19-9-18-12)17-8-7-10-3-5-11(15)6-4-10/h3-6,9H,2,7-8H2,1H3,(H,17,18,19). The Morgan fingerprint density at radius 2 is 1.95 bits per heavy atom. The molecule has 100 valence electrons. The maximum absolute atomic E-state index is 6.22. The fourth-order valence-corrected chi connectivity index (χ4v) is 2.31. The number of anilines is 1. The Morgan fingerprint density at radius 1 is 1.21 bits per heavy atom. The highest BCUT2D eigenvalue weighted by Gasteiger charge is 2.06. The number of rotatable bonds is 5. The number of benzene rings is 1. The highest BCUT2D eigenvalue weighted by molar-refractivity contribution is 9.10. The molecule has 1 N–H and O–H groups in total. The fraction of sp³-hybridized carbons (Fsp3) is 0.286. The summed E-state index contributed by atoms with van der Waals surface area (Å²) in [5, 5.41) is 3.88. The maximum Gasteiger partial charge on any atom is 0.148 e. The van der Waals surface area contributed by atoms with Crippen molar-refractivity contribution in [3.63, 3.8) is 0 Å². The average Bonchev–Trinajstić information content (AvgIpc) is 2.43. The Kier molecular flexibility index (Phi) is 5.16. The number of nitrogens with zero attached hydrogens (tertiary/aromatic N) is 2. The number of aromatic nitrogens is 2. The van der Waals surface area contributed by atoms with Gasteiger partial charge in [-0.1, -0.05) is 46.6 Å². The second kappa shape index (κ2) is 6.87. The molecule has 0 aliphatic rings. The first-order chi connectivity index (χ1) is 9.20. The normalized spacial score (nSPS) is 10.5. The summed E-state index contributed by atoms with van der Waals surface area (Å²) in [6.07, 6.45) is 3.28. The van der Waals surface area contributed by atoms with Gasteiger partial charge < -0.3 is 5.32 Å². The zero-order valence-electron chi connectivity index (χ0n) is 10.7. The Labute approximate surface area is 126 Å². The first-order valence-electron chi connectivity index (χ1n) is 6.18. The van der Waals surface area contributed by atoms with Crippen LogP contribution < -0.4 is 5.32 Å². The van der Waals surface area contributed by atoms with Crippen LogP contribution >= 0.6 is 27.5 Å². The molecule has 5 heteroatoms. The van der Waals surface area contributed by atoms with Gasteiger partial charge in [0.2, 0.25) is 0 Å². The minimum absolute atomic E-state index is 0.626. The van der Waals surface area contributed by atoms with Crippen LogP contribution in [0.3, 0.4) is 0 Å². The predicted octanol–water partition coefficient (Wildman–Crippen LogP) is 4.11. The summed E-state index contributed by atoms with van der Waals surface area (Å²) in [4.78, 5) is 8.32. The zero-order valence-corrected chi connectivity index (χ0v) is 13.0. The van der Waals surface area contributed by atoms with Gasteiger partial charge in [-0.2, -0.15) is 0 Å². The molecule has 0 aliphatic heterocycles. The lowest BCUT2D eigenvalue weighted by Crippen LogP contribution is -2.08. The summed E-state index contributed by atoms with van der Waals surface area (Å²) in [5.74, 6) is 0.714. The van der Waals surface area contributed by atoms with E-state index in [1.54, 1.807) is 6.33 Å². The van der Waals surface area contributed by atoms with Crippen LogP contribution in [0.25, 0.3) is 0 Å². The third kappa shape index (κ3) is 3.91. The molecule has 1 heterocycles. The van der Waals surface area contributed by atoms with Gasteiger partial charge in [-0.05, 0) is 30.5 Å². The van der Waals surface area contributed by atoms with Gasteiger partial charge in [-0.3, -0.25) is 0 Å². The first-order valence-corrected chi connectivity index (χ1v) is 7.35. The lowest BCUT2D eigenvalue weighted by atomic mass is 10.1. The first kappa shape index (κ1) is 14.3. The van der Waals surface area contributed by atoms with Gasteiger partial charge >= 0.3 is 0 Å². The van der Waals surface area contributed by atoms with Crippen molar-refractivity contribution in [2.45, 2.75) is 19.8 Å². The summed E-state index contributed by atoms with van der Waals surface area (Å²) in [7, 11) is 0. The van der Waals surface area contributed by atoms with E-state index in [0.717, 1.165) is 29.6 Å². The Morgan fingerprint density at radius 3 is 2.63 bits per heavy atom. The summed E-state index contributed by atoms with van der Waals surface area (Å²) in [6.45, 7) is 2.82. The van der Waals surface area contributed by atoms with Gasteiger partial charge in [0.15, 0.2) is 0 Å². The molecule has 0 fully saturated rings. The third-order valence-corrected chi connectivity index (χ3v) is 3.74. The summed E-state index contributed by atoms with van der Waals surface area (Å²) in [6, 6.07) is 8.29. The van der Waals surface area contributed by atoms with Crippen molar-refractivity contribution in [1.82, 2.24) is 9.97 Å². The van der Waals surface area contributed by atoms with E-state index in [1.165, 1.54) is 5.56 Å². The third-order valence-electron chi connectivity index (χ3n) is 2.82. The summed E-state index contributed by atoms with van der Waals surface area (Å²) in [5.41, 5.74) is 2.15. The number of nitrogens with one attached hydrogen (secondary N) is 1. The largest absolute Gasteiger partial charge is 0.368 e. The molecule has 0 atom stereocenters. The van der Waals surface area contributed by atoms with Crippen LogP contribution in [0.15, 0.2) is 35.1 Å². The van der Waals surface area contributed by atoms with Crippen molar-refractivity contribution in [1.29, 1.82) is 0 Å². The van der Waals surface area contributed by atoms with E-state index in [2.05, 4.69) is 43.3 Å². The van der Waals surface area contributed by atoms with Crippen LogP contribution in [0.1, 0.15) is 18.2 Å². The van der Waals surface area contributed by atoms with Crippen LogP contribution in [0.5, 0.6) is 0 Å². The molecule has 2 aromatic rings. The lowest BCUT2D eigenvalue weighted by Gasteiger charge is -2.09. The quantitative estimate of drug-likeness (QED) is 0.890. The Bertz CT molecular complexity index is 543. The van der Waals surface area contributed by atoms with E-state index >= 15 is 0 Å². The van der Waals surface area contributed by atoms with Crippen molar-refractivity contribution >= 4 is 33.3 Å². The topological polar surface area (TPSA) is 37.8 Å². The highest BCUT2D eigenvalue weighted by atomic mass is 79.9. The smallest absolute Gasteiger partial charge is 0.148 e. The number of aryl methyl sites for hydroxylation is 1. The average molecular weight is 341 g/mol. The van der Waals surface area contributed by atoms with E-state index in [1.807, 2.05) is 19.1 Å². The van der Waals surface area contributed by atoms with Crippen LogP contribution in [-0.4, -0.2) is 16.5 Å². The molecule has 1 aromatic carbocycles. The van der Waals surface area contributed by atoms with Gasteiger partial charge in [0.05, 0.1) is 5.69 Å². The van der Waals surface area contributed by atoms with Crippen molar-refractivity contribution in [2.24, 2.45) is 0 Å². The Hall–Kier alpha value is -1.13. The second-order valence-corrected chi connectivity index (χ2v) is 5.43. The Balaban J connectivity index is 1.94. The van der Waals surface area contributed by atoms with E-state index in [-0.39, 0.29) is 0 Å². The molecule has 0 saturated heterocycles. The molecule has 0 saturated carbocycles. The van der Waals surface area contributed by atoms with E-state index in [4.69, 9.17) is 11.6 Å².